The molecule has 0 saturated heterocycles. The van der Waals surface area contributed by atoms with Gasteiger partial charge < -0.3 is 9.30 Å². The zero-order valence-electron chi connectivity index (χ0n) is 8.08. The maximum absolute atomic E-state index is 13.2. The summed E-state index contributed by atoms with van der Waals surface area (Å²) in [6.07, 6.45) is 1.76. The number of hydrogen-bond donors (Lipinski definition) is 0. The molecule has 15 heavy (non-hydrogen) atoms. The van der Waals surface area contributed by atoms with Gasteiger partial charge in [0.2, 0.25) is 5.82 Å². The Bertz CT molecular complexity index is 479. The Hall–Kier alpha value is -1.84. The normalized spacial score (nSPS) is 10.3. The third-order valence-corrected chi connectivity index (χ3v) is 2.03. The quantitative estimate of drug-likeness (QED) is 0.741. The summed E-state index contributed by atoms with van der Waals surface area (Å²) in [6, 6.07) is 7.26. The first-order valence-corrected chi connectivity index (χ1v) is 4.41. The lowest BCUT2D eigenvalue weighted by molar-refractivity contribution is 0.394. The number of aromatic nitrogens is 1. The van der Waals surface area contributed by atoms with Crippen molar-refractivity contribution in [3.63, 3.8) is 0 Å². The van der Waals surface area contributed by atoms with Crippen LogP contribution in [0.2, 0.25) is 0 Å². The molecular weight excluding hydrogens is 200 g/mol. The molecule has 0 aliphatic heterocycles. The molecule has 0 aliphatic carbocycles. The van der Waals surface area contributed by atoms with Crippen molar-refractivity contribution in [1.82, 2.24) is 4.57 Å². The molecule has 0 unspecified atom stereocenters. The van der Waals surface area contributed by atoms with Crippen LogP contribution in [0.1, 0.15) is 0 Å². The maximum Gasteiger partial charge on any atom is 0.201 e. The molecule has 1 aromatic carbocycles. The molecule has 1 aromatic heterocycles. The Balaban J connectivity index is 2.33. The van der Waals surface area contributed by atoms with Crippen molar-refractivity contribution in [2.45, 2.75) is 0 Å². The molecule has 1 heterocycles. The standard InChI is InChI=1S/C11H9F2NO/c1-14-7-3-6-10(14)15-9-5-2-4-8(12)11(9)13/h2-7H,1H3. The van der Waals surface area contributed by atoms with E-state index in [1.165, 1.54) is 12.1 Å². The van der Waals surface area contributed by atoms with Crippen molar-refractivity contribution in [1.29, 1.82) is 0 Å². The van der Waals surface area contributed by atoms with E-state index in [1.807, 2.05) is 0 Å². The molecule has 0 atom stereocenters. The lowest BCUT2D eigenvalue weighted by atomic mass is 10.3. The average molecular weight is 209 g/mol. The molecule has 0 amide bonds. The van der Waals surface area contributed by atoms with Crippen molar-refractivity contribution in [3.05, 3.63) is 48.2 Å². The van der Waals surface area contributed by atoms with E-state index in [0.29, 0.717) is 5.88 Å². The van der Waals surface area contributed by atoms with Crippen LogP contribution in [0.5, 0.6) is 11.6 Å². The van der Waals surface area contributed by atoms with E-state index in [4.69, 9.17) is 4.74 Å². The SMILES string of the molecule is Cn1cccc1Oc1cccc(F)c1F. The van der Waals surface area contributed by atoms with Crippen LogP contribution >= 0.6 is 0 Å². The highest BCUT2D eigenvalue weighted by molar-refractivity contribution is 5.29. The molecule has 0 spiro atoms. The zero-order valence-corrected chi connectivity index (χ0v) is 8.08. The predicted octanol–water partition coefficient (Wildman–Crippen LogP) is 3.10. The topological polar surface area (TPSA) is 14.2 Å². The smallest absolute Gasteiger partial charge is 0.201 e. The third-order valence-electron chi connectivity index (χ3n) is 2.03. The Morgan fingerprint density at radius 3 is 2.60 bits per heavy atom. The molecule has 4 heteroatoms. The summed E-state index contributed by atoms with van der Waals surface area (Å²) in [5, 5.41) is 0. The monoisotopic (exact) mass is 209 g/mol. The first-order chi connectivity index (χ1) is 7.18. The second kappa shape index (κ2) is 3.73. The number of aryl methyl sites for hydroxylation is 1. The average Bonchev–Trinajstić information content (AvgIpc) is 2.60. The van der Waals surface area contributed by atoms with Crippen molar-refractivity contribution in [2.75, 3.05) is 0 Å². The summed E-state index contributed by atoms with van der Waals surface area (Å²) in [6.45, 7) is 0. The number of nitrogens with zero attached hydrogens (tertiary/aromatic N) is 1. The van der Waals surface area contributed by atoms with Crippen LogP contribution in [0.15, 0.2) is 36.5 Å². The van der Waals surface area contributed by atoms with Crippen LogP contribution in [-0.2, 0) is 7.05 Å². The Kier molecular flexibility index (Phi) is 2.41. The van der Waals surface area contributed by atoms with E-state index in [2.05, 4.69) is 0 Å². The van der Waals surface area contributed by atoms with Gasteiger partial charge in [-0.1, -0.05) is 6.07 Å². The summed E-state index contributed by atoms with van der Waals surface area (Å²) in [5.41, 5.74) is 0. The summed E-state index contributed by atoms with van der Waals surface area (Å²) in [5.74, 6) is -1.54. The fourth-order valence-corrected chi connectivity index (χ4v) is 1.23. The molecule has 2 rings (SSSR count). The Morgan fingerprint density at radius 2 is 1.93 bits per heavy atom. The molecule has 0 N–H and O–H groups in total. The van der Waals surface area contributed by atoms with Gasteiger partial charge in [-0.25, -0.2) is 4.39 Å². The fourth-order valence-electron chi connectivity index (χ4n) is 1.23. The summed E-state index contributed by atoms with van der Waals surface area (Å²) >= 11 is 0. The van der Waals surface area contributed by atoms with E-state index >= 15 is 0 Å². The minimum Gasteiger partial charge on any atom is -0.438 e. The van der Waals surface area contributed by atoms with Crippen molar-refractivity contribution in [2.24, 2.45) is 7.05 Å². The summed E-state index contributed by atoms with van der Waals surface area (Å²) in [7, 11) is 1.76. The van der Waals surface area contributed by atoms with Gasteiger partial charge in [0.1, 0.15) is 0 Å². The Morgan fingerprint density at radius 1 is 1.13 bits per heavy atom. The lowest BCUT2D eigenvalue weighted by Crippen LogP contribution is -1.95. The molecular formula is C11H9F2NO. The van der Waals surface area contributed by atoms with Gasteiger partial charge in [0, 0.05) is 19.3 Å². The summed E-state index contributed by atoms with van der Waals surface area (Å²) < 4.78 is 32.9. The summed E-state index contributed by atoms with van der Waals surface area (Å²) in [4.78, 5) is 0. The van der Waals surface area contributed by atoms with Gasteiger partial charge in [0.15, 0.2) is 17.4 Å². The number of rotatable bonds is 2. The minimum absolute atomic E-state index is 0.114. The first kappa shape index (κ1) is 9.71. The van der Waals surface area contributed by atoms with Gasteiger partial charge in [-0.3, -0.25) is 0 Å². The van der Waals surface area contributed by atoms with Gasteiger partial charge in [-0.05, 0) is 18.2 Å². The van der Waals surface area contributed by atoms with Crippen LogP contribution in [0.4, 0.5) is 8.78 Å². The molecule has 78 valence electrons. The highest BCUT2D eigenvalue weighted by atomic mass is 19.2. The molecule has 0 radical (unpaired) electrons. The molecule has 0 fully saturated rings. The highest BCUT2D eigenvalue weighted by Crippen LogP contribution is 2.25. The number of halogens is 2. The third kappa shape index (κ3) is 1.83. The van der Waals surface area contributed by atoms with Crippen molar-refractivity contribution >= 4 is 0 Å². The van der Waals surface area contributed by atoms with Crippen molar-refractivity contribution in [3.8, 4) is 11.6 Å². The number of ether oxygens (including phenoxy) is 1. The number of hydrogen-bond acceptors (Lipinski definition) is 1. The van der Waals surface area contributed by atoms with E-state index in [9.17, 15) is 8.78 Å². The highest BCUT2D eigenvalue weighted by Gasteiger charge is 2.10. The largest absolute Gasteiger partial charge is 0.438 e. The van der Waals surface area contributed by atoms with Crippen LogP contribution < -0.4 is 4.74 Å². The van der Waals surface area contributed by atoms with Gasteiger partial charge >= 0.3 is 0 Å². The maximum atomic E-state index is 13.2. The number of benzene rings is 1. The van der Waals surface area contributed by atoms with E-state index in [0.717, 1.165) is 6.07 Å². The van der Waals surface area contributed by atoms with Crippen LogP contribution in [0.3, 0.4) is 0 Å². The van der Waals surface area contributed by atoms with Gasteiger partial charge in [0.05, 0.1) is 0 Å². The second-order valence-corrected chi connectivity index (χ2v) is 3.11. The first-order valence-electron chi connectivity index (χ1n) is 4.41. The van der Waals surface area contributed by atoms with Crippen LogP contribution in [0, 0.1) is 11.6 Å². The van der Waals surface area contributed by atoms with Crippen LogP contribution in [-0.4, -0.2) is 4.57 Å². The molecule has 0 bridgehead atoms. The molecule has 2 aromatic rings. The Labute approximate surface area is 85.7 Å². The van der Waals surface area contributed by atoms with Crippen LogP contribution in [0.25, 0.3) is 0 Å². The fraction of sp³-hybridized carbons (Fsp3) is 0.0909. The van der Waals surface area contributed by atoms with E-state index in [1.54, 1.807) is 29.9 Å². The predicted molar refractivity (Wildman–Crippen MR) is 51.8 cm³/mol. The van der Waals surface area contributed by atoms with E-state index < -0.39 is 11.6 Å². The van der Waals surface area contributed by atoms with Crippen molar-refractivity contribution < 1.29 is 13.5 Å². The minimum atomic E-state index is -0.973. The second-order valence-electron chi connectivity index (χ2n) is 3.11. The molecule has 2 nitrogen and oxygen atoms in total. The van der Waals surface area contributed by atoms with Gasteiger partial charge in [-0.2, -0.15) is 4.39 Å². The van der Waals surface area contributed by atoms with Gasteiger partial charge in [-0.15, -0.1) is 0 Å². The molecule has 0 saturated carbocycles. The lowest BCUT2D eigenvalue weighted by Gasteiger charge is -2.07. The van der Waals surface area contributed by atoms with E-state index in [-0.39, 0.29) is 5.75 Å². The molecule has 0 aliphatic rings. The zero-order chi connectivity index (χ0) is 10.8. The van der Waals surface area contributed by atoms with Gasteiger partial charge in [0.25, 0.3) is 0 Å².